The molecule has 2 aromatic heterocycles. The number of aromatic hydroxyl groups is 1. The van der Waals surface area contributed by atoms with Crippen LogP contribution in [-0.2, 0) is 0 Å². The smallest absolute Gasteiger partial charge is 0.116 e. The van der Waals surface area contributed by atoms with E-state index in [0.29, 0.717) is 5.75 Å². The summed E-state index contributed by atoms with van der Waals surface area (Å²) in [6.45, 7) is 5.14. The molecular weight excluding hydrogens is 262 g/mol. The molecule has 0 aliphatic rings. The Kier molecular flexibility index (Phi) is 3.52. The second kappa shape index (κ2) is 5.48. The van der Waals surface area contributed by atoms with Crippen LogP contribution in [0.15, 0.2) is 48.9 Å². The highest BCUT2D eigenvalue weighted by molar-refractivity contribution is 5.85. The van der Waals surface area contributed by atoms with Crippen molar-refractivity contribution in [3.05, 3.63) is 54.5 Å². The Bertz CT molecular complexity index is 749. The first-order valence-electron chi connectivity index (χ1n) is 7.19. The molecular formula is C17H19N3O. The summed E-state index contributed by atoms with van der Waals surface area (Å²) in [7, 11) is 0. The zero-order valence-electron chi connectivity index (χ0n) is 12.3. The molecule has 4 nitrogen and oxygen atoms in total. The average molecular weight is 281 g/mol. The molecule has 1 N–H and O–H groups in total. The van der Waals surface area contributed by atoms with Crippen LogP contribution in [0.5, 0.6) is 5.75 Å². The van der Waals surface area contributed by atoms with Gasteiger partial charge in [-0.3, -0.25) is 14.7 Å². The van der Waals surface area contributed by atoms with Gasteiger partial charge in [0.05, 0.1) is 11.2 Å². The fraction of sp³-hybridized carbons (Fsp3) is 0.235. The number of aromatic nitrogens is 2. The summed E-state index contributed by atoms with van der Waals surface area (Å²) < 4.78 is 2.16. The summed E-state index contributed by atoms with van der Waals surface area (Å²) in [5, 5.41) is 13.0. The van der Waals surface area contributed by atoms with Crippen molar-refractivity contribution in [3.63, 3.8) is 0 Å². The Balaban J connectivity index is 2.16. The first kappa shape index (κ1) is 13.5. The van der Waals surface area contributed by atoms with Gasteiger partial charge in [0, 0.05) is 30.5 Å². The number of aryl methyl sites for hydroxylation is 1. The molecule has 3 aromatic rings. The van der Waals surface area contributed by atoms with Crippen LogP contribution in [0, 0.1) is 6.92 Å². The Morgan fingerprint density at radius 2 is 1.95 bits per heavy atom. The molecule has 3 rings (SSSR count). The molecule has 21 heavy (non-hydrogen) atoms. The van der Waals surface area contributed by atoms with Crippen LogP contribution in [0.25, 0.3) is 10.9 Å². The van der Waals surface area contributed by atoms with E-state index < -0.39 is 0 Å². The van der Waals surface area contributed by atoms with Crippen molar-refractivity contribution in [2.45, 2.75) is 20.3 Å². The van der Waals surface area contributed by atoms with Gasteiger partial charge in [0.15, 0.2) is 0 Å². The van der Waals surface area contributed by atoms with Gasteiger partial charge in [-0.05, 0) is 49.2 Å². The quantitative estimate of drug-likeness (QED) is 0.792. The summed E-state index contributed by atoms with van der Waals surface area (Å²) in [5.74, 6) is 0.300. The van der Waals surface area contributed by atoms with E-state index in [0.717, 1.165) is 35.1 Å². The van der Waals surface area contributed by atoms with Crippen LogP contribution in [0.3, 0.4) is 0 Å². The predicted octanol–water partition coefficient (Wildman–Crippen LogP) is 3.73. The van der Waals surface area contributed by atoms with Gasteiger partial charge in [0.25, 0.3) is 0 Å². The third kappa shape index (κ3) is 2.44. The molecule has 0 saturated heterocycles. The fourth-order valence-electron chi connectivity index (χ4n) is 2.65. The number of phenols is 1. The summed E-state index contributed by atoms with van der Waals surface area (Å²) >= 11 is 0. The third-order valence-electron chi connectivity index (χ3n) is 3.62. The number of anilines is 1. The molecule has 0 aliphatic heterocycles. The molecule has 0 saturated carbocycles. The van der Waals surface area contributed by atoms with E-state index in [-0.39, 0.29) is 0 Å². The van der Waals surface area contributed by atoms with Crippen molar-refractivity contribution < 1.29 is 5.11 Å². The molecule has 4 heteroatoms. The van der Waals surface area contributed by atoms with Gasteiger partial charge in [-0.2, -0.15) is 0 Å². The van der Waals surface area contributed by atoms with Crippen molar-refractivity contribution in [3.8, 4) is 5.75 Å². The zero-order chi connectivity index (χ0) is 14.8. The van der Waals surface area contributed by atoms with Gasteiger partial charge in [-0.25, -0.2) is 0 Å². The number of nitrogens with zero attached hydrogens (tertiary/aromatic N) is 3. The maximum atomic E-state index is 9.69. The summed E-state index contributed by atoms with van der Waals surface area (Å²) in [5.41, 5.74) is 3.35. The standard InChI is InChI=1S/C17H19N3O/c1-3-10-19(14-6-8-18-9-7-14)20-12-13(2)16-11-15(21)4-5-17(16)20/h4-9,11-12,21H,3,10H2,1-2H3. The number of phenolic OH excluding ortho intramolecular Hbond substituents is 1. The number of fused-ring (bicyclic) bond motifs is 1. The molecule has 0 fully saturated rings. The number of pyridine rings is 1. The van der Waals surface area contributed by atoms with Crippen LogP contribution in [-0.4, -0.2) is 21.3 Å². The number of hydrogen-bond acceptors (Lipinski definition) is 3. The van der Waals surface area contributed by atoms with Crippen LogP contribution in [0.2, 0.25) is 0 Å². The van der Waals surface area contributed by atoms with Crippen molar-refractivity contribution in [2.24, 2.45) is 0 Å². The van der Waals surface area contributed by atoms with Crippen molar-refractivity contribution in [1.29, 1.82) is 0 Å². The SMILES string of the molecule is CCCN(c1ccncc1)n1cc(C)c2cc(O)ccc21. The first-order valence-corrected chi connectivity index (χ1v) is 7.19. The van der Waals surface area contributed by atoms with E-state index in [4.69, 9.17) is 0 Å². The van der Waals surface area contributed by atoms with E-state index in [1.807, 2.05) is 36.7 Å². The van der Waals surface area contributed by atoms with E-state index in [9.17, 15) is 5.11 Å². The average Bonchev–Trinajstić information content (AvgIpc) is 2.82. The van der Waals surface area contributed by atoms with Crippen molar-refractivity contribution in [1.82, 2.24) is 9.66 Å². The highest BCUT2D eigenvalue weighted by atomic mass is 16.3. The lowest BCUT2D eigenvalue weighted by molar-refractivity contribution is 0.476. The van der Waals surface area contributed by atoms with E-state index >= 15 is 0 Å². The Labute approximate surface area is 124 Å². The lowest BCUT2D eigenvalue weighted by Crippen LogP contribution is -2.29. The predicted molar refractivity (Wildman–Crippen MR) is 85.6 cm³/mol. The van der Waals surface area contributed by atoms with Gasteiger partial charge < -0.3 is 5.11 Å². The van der Waals surface area contributed by atoms with Gasteiger partial charge >= 0.3 is 0 Å². The van der Waals surface area contributed by atoms with E-state index in [1.165, 1.54) is 0 Å². The first-order chi connectivity index (χ1) is 10.2. The van der Waals surface area contributed by atoms with Crippen molar-refractivity contribution in [2.75, 3.05) is 11.6 Å². The molecule has 2 heterocycles. The number of rotatable bonds is 4. The maximum absolute atomic E-state index is 9.69. The molecule has 0 radical (unpaired) electrons. The highest BCUT2D eigenvalue weighted by Gasteiger charge is 2.13. The lowest BCUT2D eigenvalue weighted by atomic mass is 10.2. The molecule has 0 spiro atoms. The second-order valence-corrected chi connectivity index (χ2v) is 5.19. The molecule has 108 valence electrons. The minimum Gasteiger partial charge on any atom is -0.508 e. The third-order valence-corrected chi connectivity index (χ3v) is 3.62. The molecule has 0 amide bonds. The number of benzene rings is 1. The van der Waals surface area contributed by atoms with Crippen LogP contribution < -0.4 is 5.01 Å². The van der Waals surface area contributed by atoms with Gasteiger partial charge in [0.1, 0.15) is 5.75 Å². The van der Waals surface area contributed by atoms with Crippen LogP contribution in [0.4, 0.5) is 5.69 Å². The summed E-state index contributed by atoms with van der Waals surface area (Å²) in [6.07, 6.45) is 6.77. The summed E-state index contributed by atoms with van der Waals surface area (Å²) in [4.78, 5) is 4.09. The molecule has 1 aromatic carbocycles. The highest BCUT2D eigenvalue weighted by Crippen LogP contribution is 2.27. The Hall–Kier alpha value is -2.49. The van der Waals surface area contributed by atoms with E-state index in [2.05, 4.69) is 34.7 Å². The largest absolute Gasteiger partial charge is 0.508 e. The minimum atomic E-state index is 0.300. The summed E-state index contributed by atoms with van der Waals surface area (Å²) in [6, 6.07) is 9.53. The fourth-order valence-corrected chi connectivity index (χ4v) is 2.65. The van der Waals surface area contributed by atoms with Gasteiger partial charge in [-0.1, -0.05) is 6.92 Å². The Morgan fingerprint density at radius 1 is 1.19 bits per heavy atom. The van der Waals surface area contributed by atoms with E-state index in [1.54, 1.807) is 6.07 Å². The lowest BCUT2D eigenvalue weighted by Gasteiger charge is -2.26. The van der Waals surface area contributed by atoms with Gasteiger partial charge in [0.2, 0.25) is 0 Å². The van der Waals surface area contributed by atoms with Crippen LogP contribution in [0.1, 0.15) is 18.9 Å². The molecule has 0 atom stereocenters. The second-order valence-electron chi connectivity index (χ2n) is 5.19. The molecule has 0 unspecified atom stereocenters. The molecule has 0 bridgehead atoms. The Morgan fingerprint density at radius 3 is 2.67 bits per heavy atom. The molecule has 0 aliphatic carbocycles. The van der Waals surface area contributed by atoms with Crippen LogP contribution >= 0.6 is 0 Å². The van der Waals surface area contributed by atoms with Gasteiger partial charge in [-0.15, -0.1) is 0 Å². The normalized spacial score (nSPS) is 11.0. The maximum Gasteiger partial charge on any atom is 0.116 e. The zero-order valence-corrected chi connectivity index (χ0v) is 12.3. The number of hydrogen-bond donors (Lipinski definition) is 1. The van der Waals surface area contributed by atoms with Crippen molar-refractivity contribution >= 4 is 16.6 Å². The topological polar surface area (TPSA) is 41.3 Å². The minimum absolute atomic E-state index is 0.300. The monoisotopic (exact) mass is 281 g/mol.